The smallest absolute Gasteiger partial charge is 0.416 e. The van der Waals surface area contributed by atoms with Gasteiger partial charge < -0.3 is 15.3 Å². The van der Waals surface area contributed by atoms with Crippen molar-refractivity contribution in [3.8, 4) is 0 Å². The Balaban J connectivity index is 1.30. The van der Waals surface area contributed by atoms with Crippen LogP contribution < -0.4 is 5.32 Å². The highest BCUT2D eigenvalue weighted by atomic mass is 19.4. The monoisotopic (exact) mass is 615 g/mol. The molecule has 0 radical (unpaired) electrons. The van der Waals surface area contributed by atoms with Gasteiger partial charge in [0.25, 0.3) is 0 Å². The molecule has 4 fully saturated rings. The van der Waals surface area contributed by atoms with Crippen LogP contribution in [0.25, 0.3) is 0 Å². The van der Waals surface area contributed by atoms with E-state index < -0.39 is 58.7 Å². The van der Waals surface area contributed by atoms with Crippen molar-refractivity contribution < 1.29 is 45.4 Å². The molecule has 6 rings (SSSR count). The number of urea groups is 1. The number of rotatable bonds is 7. The number of amides is 2. The summed E-state index contributed by atoms with van der Waals surface area (Å²) in [5, 5.41) is 12.1. The lowest BCUT2D eigenvalue weighted by atomic mass is 9.35. The van der Waals surface area contributed by atoms with Gasteiger partial charge in [-0.3, -0.25) is 9.69 Å². The fourth-order valence-corrected chi connectivity index (χ4v) is 7.10. The normalized spacial score (nSPS) is 26.3. The molecule has 1 heterocycles. The van der Waals surface area contributed by atoms with Gasteiger partial charge in [0.1, 0.15) is 5.82 Å². The predicted octanol–water partition coefficient (Wildman–Crippen LogP) is 6.60. The molecule has 2 N–H and O–H groups in total. The first kappa shape index (κ1) is 31.1. The lowest BCUT2D eigenvalue weighted by molar-refractivity contribution is -0.229. The Morgan fingerprint density at radius 2 is 1.60 bits per heavy atom. The Bertz CT molecular complexity index is 1370. The van der Waals surface area contributed by atoms with Gasteiger partial charge >= 0.3 is 24.4 Å². The number of aryl methyl sites for hydroxylation is 1. The lowest BCUT2D eigenvalue weighted by Crippen LogP contribution is -2.69. The molecule has 1 unspecified atom stereocenters. The molecule has 13 heteroatoms. The maximum Gasteiger partial charge on any atom is 0.416 e. The second-order valence-corrected chi connectivity index (χ2v) is 12.5. The highest BCUT2D eigenvalue weighted by Gasteiger charge is 2.71. The van der Waals surface area contributed by atoms with Crippen LogP contribution >= 0.6 is 0 Å². The fourth-order valence-electron chi connectivity index (χ4n) is 7.10. The number of hydrogen-bond acceptors (Lipinski definition) is 3. The van der Waals surface area contributed by atoms with E-state index in [1.54, 1.807) is 17.9 Å². The van der Waals surface area contributed by atoms with E-state index in [1.165, 1.54) is 19.1 Å². The molecule has 234 valence electrons. The summed E-state index contributed by atoms with van der Waals surface area (Å²) in [6.07, 6.45) is -8.13. The van der Waals surface area contributed by atoms with E-state index in [0.29, 0.717) is 62.2 Å². The predicted molar refractivity (Wildman–Crippen MR) is 142 cm³/mol. The van der Waals surface area contributed by atoms with Gasteiger partial charge in [0.15, 0.2) is 0 Å². The van der Waals surface area contributed by atoms with E-state index in [1.807, 2.05) is 0 Å². The Morgan fingerprint density at radius 1 is 1.00 bits per heavy atom. The van der Waals surface area contributed by atoms with Crippen molar-refractivity contribution in [1.82, 2.24) is 15.1 Å². The number of carbonyl (C=O) groups excluding carboxylic acids is 1. The third kappa shape index (κ3) is 6.05. The summed E-state index contributed by atoms with van der Waals surface area (Å²) >= 11 is 0. The molecular formula is C30H32F7N3O3. The SMILES string of the molecule is Cc1cc(F)ccc1C1CN(CC23CC(C(=O)O)(C2)C3)CCN1C(=O)NC[C@H](C)c1cc(C(F)(F)F)cc(C(F)(F)F)c1. The van der Waals surface area contributed by atoms with Crippen LogP contribution in [0.3, 0.4) is 0 Å². The number of halogens is 7. The van der Waals surface area contributed by atoms with Crippen molar-refractivity contribution in [3.05, 3.63) is 70.0 Å². The van der Waals surface area contributed by atoms with E-state index in [4.69, 9.17) is 0 Å². The minimum Gasteiger partial charge on any atom is -0.481 e. The van der Waals surface area contributed by atoms with Gasteiger partial charge in [-0.2, -0.15) is 26.3 Å². The van der Waals surface area contributed by atoms with Crippen LogP contribution in [0.1, 0.15) is 66.0 Å². The molecule has 4 aliphatic rings. The van der Waals surface area contributed by atoms with Gasteiger partial charge in [-0.15, -0.1) is 0 Å². The summed E-state index contributed by atoms with van der Waals surface area (Å²) in [5.74, 6) is -2.08. The number of benzene rings is 2. The fraction of sp³-hybridized carbons (Fsp3) is 0.533. The summed E-state index contributed by atoms with van der Waals surface area (Å²) in [5.41, 5.74) is -2.41. The minimum absolute atomic E-state index is 0.0678. The number of nitrogens with one attached hydrogen (secondary N) is 1. The van der Waals surface area contributed by atoms with Crippen LogP contribution in [-0.2, 0) is 17.1 Å². The Hall–Kier alpha value is -3.35. The Labute approximate surface area is 243 Å². The highest BCUT2D eigenvalue weighted by Crippen LogP contribution is 2.73. The van der Waals surface area contributed by atoms with Gasteiger partial charge in [-0.05, 0) is 84.5 Å². The number of hydrogen-bond donors (Lipinski definition) is 2. The van der Waals surface area contributed by atoms with E-state index in [9.17, 15) is 45.4 Å². The zero-order chi connectivity index (χ0) is 31.5. The van der Waals surface area contributed by atoms with Crippen molar-refractivity contribution >= 4 is 12.0 Å². The maximum absolute atomic E-state index is 13.9. The van der Waals surface area contributed by atoms with Crippen molar-refractivity contribution in [2.45, 2.75) is 57.4 Å². The summed E-state index contributed by atoms with van der Waals surface area (Å²) in [6.45, 7) is 4.77. The number of nitrogens with zero attached hydrogens (tertiary/aromatic N) is 2. The molecule has 43 heavy (non-hydrogen) atoms. The van der Waals surface area contributed by atoms with E-state index in [-0.39, 0.29) is 30.1 Å². The van der Waals surface area contributed by atoms with Crippen LogP contribution in [0, 0.1) is 23.6 Å². The van der Waals surface area contributed by atoms with Crippen molar-refractivity contribution in [2.75, 3.05) is 32.7 Å². The lowest BCUT2D eigenvalue weighted by Gasteiger charge is -2.69. The average Bonchev–Trinajstić information content (AvgIpc) is 2.86. The maximum atomic E-state index is 13.9. The number of piperazine rings is 1. The third-order valence-corrected chi connectivity index (χ3v) is 9.21. The molecule has 2 atom stereocenters. The van der Waals surface area contributed by atoms with Crippen LogP contribution in [-0.4, -0.2) is 59.6 Å². The number of alkyl halides is 6. The number of carboxylic acid groups (broad SMARTS) is 1. The molecule has 1 aliphatic heterocycles. The van der Waals surface area contributed by atoms with Crippen molar-refractivity contribution in [3.63, 3.8) is 0 Å². The second kappa shape index (κ2) is 10.7. The standard InChI is InChI=1S/C30H32F7N3O3/c1-17-7-22(31)3-4-23(17)24-12-39(16-27-13-28(14-27,15-27)25(41)42)5-6-40(24)26(43)38-11-18(2)19-8-20(29(32,33)34)10-21(9-19)30(35,36)37/h3-4,7-10,18,24H,5-6,11-16H2,1-2H3,(H,38,43)(H,41,42)/t18-,24?,27?,28?/m0/s1. The molecule has 2 aromatic carbocycles. The molecule has 0 spiro atoms. The summed E-state index contributed by atoms with van der Waals surface area (Å²) < 4.78 is 93.9. The molecule has 3 saturated carbocycles. The molecule has 3 aliphatic carbocycles. The van der Waals surface area contributed by atoms with Gasteiger partial charge in [-0.1, -0.05) is 13.0 Å². The zero-order valence-corrected chi connectivity index (χ0v) is 23.6. The molecular weight excluding hydrogens is 583 g/mol. The molecule has 6 nitrogen and oxygen atoms in total. The van der Waals surface area contributed by atoms with Crippen LogP contribution in [0.4, 0.5) is 35.5 Å². The van der Waals surface area contributed by atoms with E-state index >= 15 is 0 Å². The first-order valence-electron chi connectivity index (χ1n) is 14.0. The Morgan fingerprint density at radius 3 is 2.14 bits per heavy atom. The quantitative estimate of drug-likeness (QED) is 0.345. The minimum atomic E-state index is -4.98. The van der Waals surface area contributed by atoms with Crippen LogP contribution in [0.15, 0.2) is 36.4 Å². The molecule has 2 bridgehead atoms. The molecule has 1 saturated heterocycles. The highest BCUT2D eigenvalue weighted by molar-refractivity contribution is 5.79. The van der Waals surface area contributed by atoms with Gasteiger partial charge in [-0.25, -0.2) is 9.18 Å². The van der Waals surface area contributed by atoms with Crippen molar-refractivity contribution in [2.24, 2.45) is 10.8 Å². The van der Waals surface area contributed by atoms with Gasteiger partial charge in [0.2, 0.25) is 0 Å². The molecule has 2 aromatic rings. The largest absolute Gasteiger partial charge is 0.481 e. The van der Waals surface area contributed by atoms with E-state index in [2.05, 4.69) is 10.2 Å². The second-order valence-electron chi connectivity index (χ2n) is 12.5. The third-order valence-electron chi connectivity index (χ3n) is 9.21. The average molecular weight is 616 g/mol. The summed E-state index contributed by atoms with van der Waals surface area (Å²) in [4.78, 5) is 28.7. The number of carbonyl (C=O) groups is 2. The van der Waals surface area contributed by atoms with Crippen LogP contribution in [0.2, 0.25) is 0 Å². The summed E-state index contributed by atoms with van der Waals surface area (Å²) in [6, 6.07) is 4.60. The molecule has 2 amide bonds. The Kier molecular flexibility index (Phi) is 7.72. The first-order chi connectivity index (χ1) is 19.9. The van der Waals surface area contributed by atoms with Crippen molar-refractivity contribution in [1.29, 1.82) is 0 Å². The number of carboxylic acids is 1. The van der Waals surface area contributed by atoms with Gasteiger partial charge in [0.05, 0.1) is 22.6 Å². The van der Waals surface area contributed by atoms with E-state index in [0.717, 1.165) is 0 Å². The topological polar surface area (TPSA) is 72.9 Å². The van der Waals surface area contributed by atoms with Crippen LogP contribution in [0.5, 0.6) is 0 Å². The van der Waals surface area contributed by atoms with Gasteiger partial charge in [0, 0.05) is 32.7 Å². The number of aliphatic carboxylic acids is 1. The first-order valence-corrected chi connectivity index (χ1v) is 14.0. The zero-order valence-electron chi connectivity index (χ0n) is 23.6. The molecule has 0 aromatic heterocycles. The summed E-state index contributed by atoms with van der Waals surface area (Å²) in [7, 11) is 0.